The van der Waals surface area contributed by atoms with Crippen LogP contribution in [0.25, 0.3) is 10.6 Å². The minimum atomic E-state index is 0.424. The van der Waals surface area contributed by atoms with Crippen LogP contribution in [0.4, 0.5) is 0 Å². The second kappa shape index (κ2) is 3.75. The van der Waals surface area contributed by atoms with Crippen molar-refractivity contribution in [3.05, 3.63) is 29.3 Å². The predicted octanol–water partition coefficient (Wildman–Crippen LogP) is 2.52. The summed E-state index contributed by atoms with van der Waals surface area (Å²) < 4.78 is 5.02. The van der Waals surface area contributed by atoms with Gasteiger partial charge in [-0.25, -0.2) is 4.98 Å². The lowest BCUT2D eigenvalue weighted by atomic mass is 10.3. The minimum absolute atomic E-state index is 0.424. The summed E-state index contributed by atoms with van der Waals surface area (Å²) in [5.74, 6) is 0. The lowest BCUT2D eigenvalue weighted by Crippen LogP contribution is -1.95. The van der Waals surface area contributed by atoms with Gasteiger partial charge in [0.25, 0.3) is 0 Å². The molecule has 2 aromatic heterocycles. The van der Waals surface area contributed by atoms with E-state index in [1.165, 1.54) is 0 Å². The van der Waals surface area contributed by atoms with Crippen LogP contribution in [0.1, 0.15) is 5.69 Å². The first-order valence-electron chi connectivity index (χ1n) is 4.23. The molecule has 2 heterocycles. The number of aromatic nitrogens is 2. The van der Waals surface area contributed by atoms with Crippen molar-refractivity contribution in [1.82, 2.24) is 9.97 Å². The number of rotatable bonds is 2. The number of methoxy groups -OCH3 is 1. The van der Waals surface area contributed by atoms with Crippen molar-refractivity contribution in [2.45, 2.75) is 6.92 Å². The third-order valence-corrected chi connectivity index (χ3v) is 2.68. The molecule has 0 aliphatic carbocycles. The highest BCUT2D eigenvalue weighted by Gasteiger charge is 2.04. The Balaban J connectivity index is 2.48. The predicted molar refractivity (Wildman–Crippen MR) is 56.6 cm³/mol. The molecule has 0 fully saturated rings. The van der Waals surface area contributed by atoms with Crippen molar-refractivity contribution in [1.29, 1.82) is 0 Å². The zero-order chi connectivity index (χ0) is 9.97. The lowest BCUT2D eigenvalue weighted by molar-refractivity contribution is 0.379. The normalized spacial score (nSPS) is 10.1. The van der Waals surface area contributed by atoms with E-state index in [-0.39, 0.29) is 0 Å². The highest BCUT2D eigenvalue weighted by molar-refractivity contribution is 7.13. The van der Waals surface area contributed by atoms with Crippen molar-refractivity contribution in [2.24, 2.45) is 0 Å². The highest BCUT2D eigenvalue weighted by Crippen LogP contribution is 2.24. The van der Waals surface area contributed by atoms with Crippen LogP contribution in [0.2, 0.25) is 0 Å². The molecule has 0 unspecified atom stereocenters. The average molecular weight is 206 g/mol. The number of thiophene rings is 1. The van der Waals surface area contributed by atoms with E-state index < -0.39 is 0 Å². The number of hydrogen-bond donors (Lipinski definition) is 0. The molecule has 0 radical (unpaired) electrons. The Bertz CT molecular complexity index is 426. The molecule has 0 bridgehead atoms. The second-order valence-electron chi connectivity index (χ2n) is 2.86. The molecular formula is C10H10N2OS. The van der Waals surface area contributed by atoms with E-state index in [9.17, 15) is 0 Å². The Morgan fingerprint density at radius 3 is 2.86 bits per heavy atom. The van der Waals surface area contributed by atoms with Gasteiger partial charge in [-0.05, 0) is 24.4 Å². The summed E-state index contributed by atoms with van der Waals surface area (Å²) >= 11 is 1.66. The number of aryl methyl sites for hydroxylation is 1. The molecule has 0 N–H and O–H groups in total. The van der Waals surface area contributed by atoms with Gasteiger partial charge in [0, 0.05) is 5.69 Å². The van der Waals surface area contributed by atoms with Crippen LogP contribution >= 0.6 is 11.3 Å². The van der Waals surface area contributed by atoms with Crippen molar-refractivity contribution in [2.75, 3.05) is 7.11 Å². The molecule has 0 saturated heterocycles. The van der Waals surface area contributed by atoms with Crippen molar-refractivity contribution < 1.29 is 4.74 Å². The standard InChI is InChI=1S/C10H10N2OS/c1-7-6-8(9-4-3-5-14-9)12-10(11-7)13-2/h3-6H,1-2H3. The molecule has 0 amide bonds. The molecule has 2 rings (SSSR count). The van der Waals surface area contributed by atoms with E-state index in [1.54, 1.807) is 18.4 Å². The number of nitrogens with zero attached hydrogens (tertiary/aromatic N) is 2. The van der Waals surface area contributed by atoms with Crippen molar-refractivity contribution in [3.8, 4) is 16.6 Å². The van der Waals surface area contributed by atoms with Gasteiger partial charge in [0.1, 0.15) is 0 Å². The first kappa shape index (κ1) is 9.15. The Kier molecular flexibility index (Phi) is 2.45. The fourth-order valence-corrected chi connectivity index (χ4v) is 1.87. The minimum Gasteiger partial charge on any atom is -0.467 e. The maximum atomic E-state index is 5.02. The molecule has 3 nitrogen and oxygen atoms in total. The highest BCUT2D eigenvalue weighted by atomic mass is 32.1. The van der Waals surface area contributed by atoms with Crippen LogP contribution in [0.5, 0.6) is 6.01 Å². The van der Waals surface area contributed by atoms with Crippen LogP contribution in [0.15, 0.2) is 23.6 Å². The second-order valence-corrected chi connectivity index (χ2v) is 3.81. The topological polar surface area (TPSA) is 35.0 Å². The van der Waals surface area contributed by atoms with Gasteiger partial charge in [-0.3, -0.25) is 0 Å². The monoisotopic (exact) mass is 206 g/mol. The first-order valence-corrected chi connectivity index (χ1v) is 5.11. The van der Waals surface area contributed by atoms with E-state index in [4.69, 9.17) is 4.74 Å². The fourth-order valence-electron chi connectivity index (χ4n) is 1.18. The SMILES string of the molecule is COc1nc(C)cc(-c2cccs2)n1. The van der Waals surface area contributed by atoms with Gasteiger partial charge in [0.2, 0.25) is 0 Å². The molecule has 0 saturated carbocycles. The van der Waals surface area contributed by atoms with Gasteiger partial charge >= 0.3 is 6.01 Å². The van der Waals surface area contributed by atoms with Crippen LogP contribution in [0.3, 0.4) is 0 Å². The molecule has 0 aromatic carbocycles. The van der Waals surface area contributed by atoms with E-state index in [0.29, 0.717) is 6.01 Å². The molecule has 2 aromatic rings. The van der Waals surface area contributed by atoms with Crippen LogP contribution in [-0.2, 0) is 0 Å². The van der Waals surface area contributed by atoms with E-state index in [1.807, 2.05) is 30.5 Å². The van der Waals surface area contributed by atoms with Crippen LogP contribution in [-0.4, -0.2) is 17.1 Å². The maximum absolute atomic E-state index is 5.02. The largest absolute Gasteiger partial charge is 0.467 e. The van der Waals surface area contributed by atoms with Crippen LogP contribution in [0, 0.1) is 6.92 Å². The molecule has 4 heteroatoms. The van der Waals surface area contributed by atoms with E-state index >= 15 is 0 Å². The lowest BCUT2D eigenvalue weighted by Gasteiger charge is -2.02. The summed E-state index contributed by atoms with van der Waals surface area (Å²) in [4.78, 5) is 9.54. The van der Waals surface area contributed by atoms with Crippen molar-refractivity contribution in [3.63, 3.8) is 0 Å². The fraction of sp³-hybridized carbons (Fsp3) is 0.200. The molecule has 0 atom stereocenters. The Hall–Kier alpha value is -1.42. The summed E-state index contributed by atoms with van der Waals surface area (Å²) in [5.41, 5.74) is 1.84. The van der Waals surface area contributed by atoms with Crippen LogP contribution < -0.4 is 4.74 Å². The number of hydrogen-bond acceptors (Lipinski definition) is 4. The maximum Gasteiger partial charge on any atom is 0.316 e. The summed E-state index contributed by atoms with van der Waals surface area (Å²) in [5, 5.41) is 2.03. The van der Waals surface area contributed by atoms with E-state index in [2.05, 4.69) is 9.97 Å². The van der Waals surface area contributed by atoms with Gasteiger partial charge in [0.15, 0.2) is 0 Å². The van der Waals surface area contributed by atoms with Crippen molar-refractivity contribution >= 4 is 11.3 Å². The first-order chi connectivity index (χ1) is 6.79. The van der Waals surface area contributed by atoms with Gasteiger partial charge in [-0.2, -0.15) is 4.98 Å². The van der Waals surface area contributed by atoms with Gasteiger partial charge in [-0.15, -0.1) is 11.3 Å². The summed E-state index contributed by atoms with van der Waals surface area (Å²) in [6.07, 6.45) is 0. The zero-order valence-electron chi connectivity index (χ0n) is 8.02. The van der Waals surface area contributed by atoms with E-state index in [0.717, 1.165) is 16.3 Å². The Morgan fingerprint density at radius 1 is 1.36 bits per heavy atom. The molecule has 72 valence electrons. The number of ether oxygens (including phenoxy) is 1. The third kappa shape index (κ3) is 1.75. The third-order valence-electron chi connectivity index (χ3n) is 1.79. The van der Waals surface area contributed by atoms with Gasteiger partial charge in [0.05, 0.1) is 17.7 Å². The Labute approximate surface area is 86.4 Å². The molecular weight excluding hydrogens is 196 g/mol. The van der Waals surface area contributed by atoms with Gasteiger partial charge < -0.3 is 4.74 Å². The Morgan fingerprint density at radius 2 is 2.21 bits per heavy atom. The van der Waals surface area contributed by atoms with Gasteiger partial charge in [-0.1, -0.05) is 6.07 Å². The zero-order valence-corrected chi connectivity index (χ0v) is 8.84. The summed E-state index contributed by atoms with van der Waals surface area (Å²) in [7, 11) is 1.58. The molecule has 0 spiro atoms. The molecule has 14 heavy (non-hydrogen) atoms. The summed E-state index contributed by atoms with van der Waals surface area (Å²) in [6, 6.07) is 6.41. The molecule has 0 aliphatic heterocycles. The molecule has 0 aliphatic rings. The average Bonchev–Trinajstić information content (AvgIpc) is 2.69. The quantitative estimate of drug-likeness (QED) is 0.757. The summed E-state index contributed by atoms with van der Waals surface area (Å²) in [6.45, 7) is 1.93. The smallest absolute Gasteiger partial charge is 0.316 e.